The maximum atomic E-state index is 12.2. The minimum atomic E-state index is -0.127. The molecule has 0 radical (unpaired) electrons. The predicted octanol–water partition coefficient (Wildman–Crippen LogP) is 3.60. The summed E-state index contributed by atoms with van der Waals surface area (Å²) in [5.41, 5.74) is 2.20. The number of halogens is 2. The van der Waals surface area contributed by atoms with E-state index in [-0.39, 0.29) is 5.91 Å². The summed E-state index contributed by atoms with van der Waals surface area (Å²) in [5, 5.41) is 7.16. The summed E-state index contributed by atoms with van der Waals surface area (Å²) >= 11 is 5.68. The fraction of sp³-hybridized carbons (Fsp3) is 0.231. The molecule has 0 saturated carbocycles. The number of aryl methyl sites for hydroxylation is 2. The Labute approximate surface area is 133 Å². The number of nitrogens with one attached hydrogen (secondary N) is 1. The fourth-order valence-electron chi connectivity index (χ4n) is 1.76. The summed E-state index contributed by atoms with van der Waals surface area (Å²) in [7, 11) is 1.82. The summed E-state index contributed by atoms with van der Waals surface area (Å²) < 4.78 is 3.73. The van der Waals surface area contributed by atoms with Crippen LogP contribution in [0, 0.1) is 3.57 Å². The van der Waals surface area contributed by atoms with Crippen molar-refractivity contribution in [3.63, 3.8) is 0 Å². The number of aromatic nitrogens is 2. The van der Waals surface area contributed by atoms with E-state index in [1.165, 1.54) is 0 Å². The summed E-state index contributed by atoms with van der Waals surface area (Å²) in [6, 6.07) is 5.72. The lowest BCUT2D eigenvalue weighted by Crippen LogP contribution is -2.13. The molecule has 19 heavy (non-hydrogen) atoms. The first-order valence-electron chi connectivity index (χ1n) is 5.80. The van der Waals surface area contributed by atoms with E-state index in [1.807, 2.05) is 32.2 Å². The van der Waals surface area contributed by atoms with Crippen LogP contribution in [0.1, 0.15) is 23.0 Å². The van der Waals surface area contributed by atoms with Crippen LogP contribution < -0.4 is 5.32 Å². The number of nitrogens with zero attached hydrogens (tertiary/aromatic N) is 2. The molecule has 0 aliphatic carbocycles. The molecule has 2 aromatic rings. The number of carbonyl (C=O) groups is 1. The van der Waals surface area contributed by atoms with Crippen LogP contribution >= 0.6 is 38.5 Å². The fourth-order valence-corrected chi connectivity index (χ4v) is 2.47. The molecule has 1 aromatic heterocycles. The van der Waals surface area contributed by atoms with Crippen LogP contribution in [0.15, 0.2) is 28.9 Å². The van der Waals surface area contributed by atoms with Crippen molar-refractivity contribution in [1.82, 2.24) is 9.78 Å². The molecular weight excluding hydrogens is 421 g/mol. The van der Waals surface area contributed by atoms with Gasteiger partial charge in [-0.2, -0.15) is 5.10 Å². The number of amides is 1. The van der Waals surface area contributed by atoms with Crippen LogP contribution in [0.2, 0.25) is 0 Å². The zero-order valence-corrected chi connectivity index (χ0v) is 14.3. The Hall–Kier alpha value is -0.890. The predicted molar refractivity (Wildman–Crippen MR) is 87.4 cm³/mol. The SMILES string of the molecule is CCc1nn(C)cc1C(=O)Nc1ccc(I)c(Br)c1. The van der Waals surface area contributed by atoms with Crippen LogP contribution in [0.3, 0.4) is 0 Å². The Morgan fingerprint density at radius 2 is 2.26 bits per heavy atom. The van der Waals surface area contributed by atoms with E-state index >= 15 is 0 Å². The van der Waals surface area contributed by atoms with Crippen LogP contribution in [0.5, 0.6) is 0 Å². The zero-order valence-electron chi connectivity index (χ0n) is 10.6. The normalized spacial score (nSPS) is 10.5. The van der Waals surface area contributed by atoms with Gasteiger partial charge in [0, 0.05) is 27.0 Å². The smallest absolute Gasteiger partial charge is 0.259 e. The molecule has 0 aliphatic heterocycles. The molecule has 4 nitrogen and oxygen atoms in total. The van der Waals surface area contributed by atoms with Crippen molar-refractivity contribution in [1.29, 1.82) is 0 Å². The van der Waals surface area contributed by atoms with Gasteiger partial charge in [0.05, 0.1) is 11.3 Å². The van der Waals surface area contributed by atoms with Crippen molar-refractivity contribution < 1.29 is 4.79 Å². The molecule has 0 saturated heterocycles. The average molecular weight is 434 g/mol. The Morgan fingerprint density at radius 3 is 2.89 bits per heavy atom. The summed E-state index contributed by atoms with van der Waals surface area (Å²) in [4.78, 5) is 12.2. The van der Waals surface area contributed by atoms with Crippen LogP contribution in [0.25, 0.3) is 0 Å². The number of hydrogen-bond donors (Lipinski definition) is 1. The van der Waals surface area contributed by atoms with Crippen molar-refractivity contribution >= 4 is 50.1 Å². The quantitative estimate of drug-likeness (QED) is 0.751. The van der Waals surface area contributed by atoms with Crippen molar-refractivity contribution in [3.8, 4) is 0 Å². The Morgan fingerprint density at radius 1 is 1.53 bits per heavy atom. The molecule has 1 N–H and O–H groups in total. The largest absolute Gasteiger partial charge is 0.322 e. The highest BCUT2D eigenvalue weighted by Gasteiger charge is 2.14. The Kier molecular flexibility index (Phi) is 4.62. The lowest BCUT2D eigenvalue weighted by Gasteiger charge is -2.06. The van der Waals surface area contributed by atoms with Gasteiger partial charge in [0.15, 0.2) is 0 Å². The highest BCUT2D eigenvalue weighted by atomic mass is 127. The molecule has 1 heterocycles. The molecule has 0 fully saturated rings. The van der Waals surface area contributed by atoms with E-state index in [0.717, 1.165) is 25.8 Å². The molecule has 2 rings (SSSR count). The van der Waals surface area contributed by atoms with E-state index in [2.05, 4.69) is 48.9 Å². The van der Waals surface area contributed by atoms with Gasteiger partial charge in [-0.1, -0.05) is 6.92 Å². The first-order valence-corrected chi connectivity index (χ1v) is 7.67. The molecule has 0 atom stereocenters. The maximum Gasteiger partial charge on any atom is 0.259 e. The molecular formula is C13H13BrIN3O. The van der Waals surface area contributed by atoms with Crippen LogP contribution in [0.4, 0.5) is 5.69 Å². The van der Waals surface area contributed by atoms with Crippen LogP contribution in [-0.4, -0.2) is 15.7 Å². The van der Waals surface area contributed by atoms with Gasteiger partial charge >= 0.3 is 0 Å². The molecule has 0 aliphatic rings. The van der Waals surface area contributed by atoms with Gasteiger partial charge in [-0.3, -0.25) is 9.48 Å². The monoisotopic (exact) mass is 433 g/mol. The topological polar surface area (TPSA) is 46.9 Å². The van der Waals surface area contributed by atoms with Crippen molar-refractivity contribution in [2.24, 2.45) is 7.05 Å². The van der Waals surface area contributed by atoms with Crippen molar-refractivity contribution in [2.45, 2.75) is 13.3 Å². The maximum absolute atomic E-state index is 12.2. The molecule has 1 amide bonds. The number of anilines is 1. The number of benzene rings is 1. The lowest BCUT2D eigenvalue weighted by atomic mass is 10.2. The van der Waals surface area contributed by atoms with Crippen LogP contribution in [-0.2, 0) is 13.5 Å². The van der Waals surface area contributed by atoms with Gasteiger partial charge in [-0.15, -0.1) is 0 Å². The number of hydrogen-bond acceptors (Lipinski definition) is 2. The molecule has 6 heteroatoms. The minimum Gasteiger partial charge on any atom is -0.322 e. The third-order valence-electron chi connectivity index (χ3n) is 2.66. The number of carbonyl (C=O) groups excluding carboxylic acids is 1. The van der Waals surface area contributed by atoms with E-state index in [1.54, 1.807) is 10.9 Å². The summed E-state index contributed by atoms with van der Waals surface area (Å²) in [6.07, 6.45) is 2.48. The average Bonchev–Trinajstić information content (AvgIpc) is 2.75. The lowest BCUT2D eigenvalue weighted by molar-refractivity contribution is 0.102. The highest BCUT2D eigenvalue weighted by molar-refractivity contribution is 14.1. The minimum absolute atomic E-state index is 0.127. The first kappa shape index (κ1) is 14.5. The van der Waals surface area contributed by atoms with Crippen molar-refractivity contribution in [2.75, 3.05) is 5.32 Å². The summed E-state index contributed by atoms with van der Waals surface area (Å²) in [6.45, 7) is 1.99. The van der Waals surface area contributed by atoms with Crippen molar-refractivity contribution in [3.05, 3.63) is 43.7 Å². The van der Waals surface area contributed by atoms with E-state index in [4.69, 9.17) is 0 Å². The van der Waals surface area contributed by atoms with Gasteiger partial charge in [-0.05, 0) is 63.1 Å². The van der Waals surface area contributed by atoms with E-state index in [9.17, 15) is 4.79 Å². The second kappa shape index (κ2) is 6.04. The molecule has 0 spiro atoms. The Balaban J connectivity index is 2.22. The second-order valence-electron chi connectivity index (χ2n) is 4.10. The highest BCUT2D eigenvalue weighted by Crippen LogP contribution is 2.23. The van der Waals surface area contributed by atoms with E-state index < -0.39 is 0 Å². The second-order valence-corrected chi connectivity index (χ2v) is 6.12. The Bertz CT molecular complexity index is 624. The third-order valence-corrected chi connectivity index (χ3v) is 5.00. The van der Waals surface area contributed by atoms with Gasteiger partial charge in [0.2, 0.25) is 0 Å². The van der Waals surface area contributed by atoms with Gasteiger partial charge < -0.3 is 5.32 Å². The van der Waals surface area contributed by atoms with E-state index in [0.29, 0.717) is 5.56 Å². The molecule has 0 bridgehead atoms. The molecule has 0 unspecified atom stereocenters. The van der Waals surface area contributed by atoms with Gasteiger partial charge in [-0.25, -0.2) is 0 Å². The third kappa shape index (κ3) is 3.36. The van der Waals surface area contributed by atoms with Gasteiger partial charge in [0.25, 0.3) is 5.91 Å². The molecule has 1 aromatic carbocycles. The first-order chi connectivity index (χ1) is 9.01. The van der Waals surface area contributed by atoms with Gasteiger partial charge in [0.1, 0.15) is 0 Å². The zero-order chi connectivity index (χ0) is 14.0. The summed E-state index contributed by atoms with van der Waals surface area (Å²) in [5.74, 6) is -0.127. The number of rotatable bonds is 3. The standard InChI is InChI=1S/C13H13BrIN3O/c1-3-12-9(7-18(2)17-12)13(19)16-8-4-5-11(15)10(14)6-8/h4-7H,3H2,1-2H3,(H,16,19). The molecule has 100 valence electrons.